The van der Waals surface area contributed by atoms with Gasteiger partial charge in [0.1, 0.15) is 0 Å². The number of aromatic carboxylic acids is 1. The lowest BCUT2D eigenvalue weighted by atomic mass is 10.2. The molecule has 0 aliphatic rings. The monoisotopic (exact) mass is 336 g/mol. The summed E-state index contributed by atoms with van der Waals surface area (Å²) in [7, 11) is 0. The van der Waals surface area contributed by atoms with Crippen LogP contribution in [0.2, 0.25) is 0 Å². The average Bonchev–Trinajstić information content (AvgIpc) is 2.49. The van der Waals surface area contributed by atoms with Crippen LogP contribution in [0, 0.1) is 0 Å². The van der Waals surface area contributed by atoms with E-state index >= 15 is 0 Å². The third-order valence-electron chi connectivity index (χ3n) is 2.93. The Morgan fingerprint density at radius 1 is 1.29 bits per heavy atom. The fraction of sp³-hybridized carbons (Fsp3) is 0.471. The van der Waals surface area contributed by atoms with E-state index in [2.05, 4.69) is 5.32 Å². The molecule has 0 radical (unpaired) electrons. The van der Waals surface area contributed by atoms with Gasteiger partial charge in [0.25, 0.3) is 0 Å². The number of carboxylic acids is 1. The molecule has 2 amide bonds. The summed E-state index contributed by atoms with van der Waals surface area (Å²) in [5, 5.41) is 12.8. The van der Waals surface area contributed by atoms with Crippen molar-refractivity contribution < 1.29 is 24.3 Å². The van der Waals surface area contributed by atoms with E-state index < -0.39 is 11.6 Å². The van der Waals surface area contributed by atoms with Gasteiger partial charge in [0.05, 0.1) is 11.2 Å². The van der Waals surface area contributed by atoms with Gasteiger partial charge >= 0.3 is 5.97 Å². The highest BCUT2D eigenvalue weighted by Gasteiger charge is 2.15. The van der Waals surface area contributed by atoms with Crippen molar-refractivity contribution in [1.29, 1.82) is 0 Å². The van der Waals surface area contributed by atoms with Crippen molar-refractivity contribution in [2.75, 3.05) is 11.9 Å². The molecule has 7 heteroatoms. The third-order valence-corrected chi connectivity index (χ3v) is 2.93. The number of carboxylic acid groups (broad SMARTS) is 1. The molecule has 132 valence electrons. The molecule has 0 spiro atoms. The van der Waals surface area contributed by atoms with Gasteiger partial charge in [-0.1, -0.05) is 6.07 Å². The van der Waals surface area contributed by atoms with E-state index in [0.29, 0.717) is 31.5 Å². The Kier molecular flexibility index (Phi) is 7.38. The Morgan fingerprint density at radius 2 is 2.00 bits per heavy atom. The molecule has 1 aromatic rings. The van der Waals surface area contributed by atoms with E-state index in [4.69, 9.17) is 9.94 Å². The van der Waals surface area contributed by atoms with Crippen LogP contribution in [-0.2, 0) is 14.4 Å². The van der Waals surface area contributed by atoms with Crippen LogP contribution in [0.1, 0.15) is 50.4 Å². The smallest absolute Gasteiger partial charge is 0.335 e. The van der Waals surface area contributed by atoms with Gasteiger partial charge in [-0.15, -0.1) is 0 Å². The number of rotatable bonds is 9. The molecule has 1 aromatic carbocycles. The lowest BCUT2D eigenvalue weighted by Crippen LogP contribution is -2.33. The summed E-state index contributed by atoms with van der Waals surface area (Å²) in [6.45, 7) is 5.95. The van der Waals surface area contributed by atoms with Gasteiger partial charge in [-0.2, -0.15) is 0 Å². The van der Waals surface area contributed by atoms with Crippen LogP contribution in [0.4, 0.5) is 5.69 Å². The van der Waals surface area contributed by atoms with E-state index in [9.17, 15) is 14.4 Å². The van der Waals surface area contributed by atoms with Gasteiger partial charge in [0.2, 0.25) is 12.3 Å². The topological polar surface area (TPSA) is 95.9 Å². The maximum Gasteiger partial charge on any atom is 0.335 e. The van der Waals surface area contributed by atoms with Gasteiger partial charge in [-0.25, -0.2) is 9.86 Å². The van der Waals surface area contributed by atoms with E-state index in [1.807, 2.05) is 20.8 Å². The Bertz CT molecular complexity index is 581. The van der Waals surface area contributed by atoms with Crippen LogP contribution < -0.4 is 5.32 Å². The zero-order chi connectivity index (χ0) is 18.2. The summed E-state index contributed by atoms with van der Waals surface area (Å²) in [5.41, 5.74) is 0.118. The van der Waals surface area contributed by atoms with Crippen molar-refractivity contribution in [3.05, 3.63) is 29.8 Å². The lowest BCUT2D eigenvalue weighted by molar-refractivity contribution is -0.216. The first kappa shape index (κ1) is 19.6. The number of hydroxylamine groups is 2. The van der Waals surface area contributed by atoms with Gasteiger partial charge < -0.3 is 10.4 Å². The zero-order valence-electron chi connectivity index (χ0n) is 14.2. The molecule has 0 aliphatic carbocycles. The molecule has 2 N–H and O–H groups in total. The van der Waals surface area contributed by atoms with Crippen LogP contribution in [0.5, 0.6) is 0 Å². The molecule has 0 unspecified atom stereocenters. The van der Waals surface area contributed by atoms with E-state index in [0.717, 1.165) is 0 Å². The molecule has 0 saturated heterocycles. The number of unbranched alkanes of at least 4 members (excludes halogenated alkanes) is 1. The van der Waals surface area contributed by atoms with Gasteiger partial charge in [0.15, 0.2) is 0 Å². The minimum Gasteiger partial charge on any atom is -0.478 e. The Morgan fingerprint density at radius 3 is 2.58 bits per heavy atom. The first-order valence-electron chi connectivity index (χ1n) is 7.75. The maximum absolute atomic E-state index is 11.9. The van der Waals surface area contributed by atoms with Crippen LogP contribution in [-0.4, -0.2) is 40.6 Å². The molecule has 1 rings (SSSR count). The van der Waals surface area contributed by atoms with Crippen molar-refractivity contribution >= 4 is 24.0 Å². The molecule has 0 aromatic heterocycles. The third kappa shape index (κ3) is 7.73. The normalized spacial score (nSPS) is 11.0. The SMILES string of the molecule is CC(C)(C)ON(C=O)CCCCC(=O)Nc1cccc(C(=O)O)c1. The van der Waals surface area contributed by atoms with Crippen molar-refractivity contribution in [2.24, 2.45) is 0 Å². The van der Waals surface area contributed by atoms with Crippen molar-refractivity contribution in [1.82, 2.24) is 5.06 Å². The number of nitrogens with one attached hydrogen (secondary N) is 1. The van der Waals surface area contributed by atoms with Crippen molar-refractivity contribution in [3.63, 3.8) is 0 Å². The number of amides is 2. The number of carbonyl (C=O) groups excluding carboxylic acids is 2. The predicted molar refractivity (Wildman–Crippen MR) is 89.5 cm³/mol. The molecular formula is C17H24N2O5. The Labute approximate surface area is 141 Å². The lowest BCUT2D eigenvalue weighted by Gasteiger charge is -2.26. The first-order valence-corrected chi connectivity index (χ1v) is 7.75. The quantitative estimate of drug-likeness (QED) is 0.411. The minimum atomic E-state index is -1.04. The highest BCUT2D eigenvalue weighted by Crippen LogP contribution is 2.12. The predicted octanol–water partition coefficient (Wildman–Crippen LogP) is 2.68. The molecule has 7 nitrogen and oxygen atoms in total. The molecule has 0 atom stereocenters. The van der Waals surface area contributed by atoms with E-state index in [1.54, 1.807) is 12.1 Å². The molecule has 0 saturated carbocycles. The first-order chi connectivity index (χ1) is 11.2. The fourth-order valence-corrected chi connectivity index (χ4v) is 1.98. The highest BCUT2D eigenvalue weighted by atomic mass is 16.7. The van der Waals surface area contributed by atoms with Crippen LogP contribution in [0.25, 0.3) is 0 Å². The Hall–Kier alpha value is -2.41. The fourth-order valence-electron chi connectivity index (χ4n) is 1.98. The number of anilines is 1. The summed E-state index contributed by atoms with van der Waals surface area (Å²) < 4.78 is 0. The molecular weight excluding hydrogens is 312 g/mol. The van der Waals surface area contributed by atoms with Gasteiger partial charge in [0, 0.05) is 18.7 Å². The van der Waals surface area contributed by atoms with E-state index in [1.165, 1.54) is 17.2 Å². The van der Waals surface area contributed by atoms with E-state index in [-0.39, 0.29) is 17.9 Å². The van der Waals surface area contributed by atoms with Crippen molar-refractivity contribution in [2.45, 2.75) is 45.6 Å². The zero-order valence-corrected chi connectivity index (χ0v) is 14.2. The standard InChI is InChI=1S/C17H24N2O5/c1-17(2,3)24-19(12-20)10-5-4-9-15(21)18-14-8-6-7-13(11-14)16(22)23/h6-8,11-12H,4-5,9-10H2,1-3H3,(H,18,21)(H,22,23). The largest absolute Gasteiger partial charge is 0.478 e. The maximum atomic E-state index is 11.9. The van der Waals surface area contributed by atoms with Crippen LogP contribution in [0.15, 0.2) is 24.3 Å². The van der Waals surface area contributed by atoms with Crippen LogP contribution >= 0.6 is 0 Å². The summed E-state index contributed by atoms with van der Waals surface area (Å²) in [4.78, 5) is 39.1. The average molecular weight is 336 g/mol. The molecule has 0 bridgehead atoms. The molecule has 0 heterocycles. The number of hydrogen-bond donors (Lipinski definition) is 2. The molecule has 0 aliphatic heterocycles. The molecule has 0 fully saturated rings. The number of hydrogen-bond acceptors (Lipinski definition) is 4. The minimum absolute atomic E-state index is 0.119. The summed E-state index contributed by atoms with van der Waals surface area (Å²) >= 11 is 0. The van der Waals surface area contributed by atoms with Crippen LogP contribution in [0.3, 0.4) is 0 Å². The second-order valence-corrected chi connectivity index (χ2v) is 6.34. The Balaban J connectivity index is 2.35. The summed E-state index contributed by atoms with van der Waals surface area (Å²) in [5.74, 6) is -1.24. The van der Waals surface area contributed by atoms with Crippen molar-refractivity contribution in [3.8, 4) is 0 Å². The second kappa shape index (κ2) is 9.02. The highest BCUT2D eigenvalue weighted by molar-refractivity contribution is 5.93. The van der Waals surface area contributed by atoms with Gasteiger partial charge in [-0.05, 0) is 51.8 Å². The second-order valence-electron chi connectivity index (χ2n) is 6.34. The molecule has 24 heavy (non-hydrogen) atoms. The number of carbonyl (C=O) groups is 3. The number of benzene rings is 1. The number of nitrogens with zero attached hydrogens (tertiary/aromatic N) is 1. The van der Waals surface area contributed by atoms with Gasteiger partial charge in [-0.3, -0.25) is 14.4 Å². The summed E-state index contributed by atoms with van der Waals surface area (Å²) in [6, 6.07) is 6.08. The summed E-state index contributed by atoms with van der Waals surface area (Å²) in [6.07, 6.45) is 2.11.